The van der Waals surface area contributed by atoms with E-state index in [0.717, 1.165) is 19.3 Å². The first-order chi connectivity index (χ1) is 10.3. The smallest absolute Gasteiger partial charge is 0.315 e. The van der Waals surface area contributed by atoms with Crippen LogP contribution in [0.25, 0.3) is 0 Å². The van der Waals surface area contributed by atoms with Gasteiger partial charge in [-0.05, 0) is 30.6 Å². The van der Waals surface area contributed by atoms with Crippen LogP contribution >= 0.6 is 0 Å². The Morgan fingerprint density at radius 2 is 1.95 bits per heavy atom. The van der Waals surface area contributed by atoms with Gasteiger partial charge in [-0.2, -0.15) is 0 Å². The van der Waals surface area contributed by atoms with E-state index in [9.17, 15) is 4.79 Å². The molecule has 1 aliphatic heterocycles. The highest BCUT2D eigenvalue weighted by atomic mass is 16.6. The molecule has 1 aliphatic carbocycles. The van der Waals surface area contributed by atoms with Gasteiger partial charge in [-0.1, -0.05) is 48.9 Å². The van der Waals surface area contributed by atoms with E-state index in [2.05, 4.69) is 12.1 Å². The molecule has 0 aromatic heterocycles. The molecule has 0 bridgehead atoms. The summed E-state index contributed by atoms with van der Waals surface area (Å²) in [6.07, 6.45) is 12.6. The maximum absolute atomic E-state index is 12.1. The monoisotopic (exact) mass is 281 g/mol. The average Bonchev–Trinajstić information content (AvgIpc) is 2.64. The topological polar surface area (TPSA) is 29.5 Å². The van der Waals surface area contributed by atoms with Crippen LogP contribution in [0.4, 0.5) is 0 Å². The number of hydrogen-bond donors (Lipinski definition) is 0. The molecular weight excluding hydrogens is 262 g/mol. The van der Waals surface area contributed by atoms with Crippen molar-refractivity contribution in [3.05, 3.63) is 72.3 Å². The standard InChI is InChI=1S/C18H19NO2/c20-18(16-10-7-11-16)21-17-12-5-2-6-13-19(17)14-15-8-3-1-4-9-15/h1-6,8-9,12-13,16H,7,10-11,14H2. The van der Waals surface area contributed by atoms with Crippen molar-refractivity contribution in [1.82, 2.24) is 4.90 Å². The Morgan fingerprint density at radius 3 is 2.67 bits per heavy atom. The molecule has 2 aliphatic rings. The lowest BCUT2D eigenvalue weighted by Gasteiger charge is -2.27. The molecule has 3 rings (SSSR count). The van der Waals surface area contributed by atoms with Crippen LogP contribution in [0.3, 0.4) is 0 Å². The molecule has 21 heavy (non-hydrogen) atoms. The molecule has 3 heteroatoms. The van der Waals surface area contributed by atoms with E-state index in [4.69, 9.17) is 4.74 Å². The van der Waals surface area contributed by atoms with Crippen LogP contribution in [-0.2, 0) is 16.1 Å². The third-order valence-electron chi connectivity index (χ3n) is 3.85. The Labute approximate surface area is 125 Å². The fraction of sp³-hybridized carbons (Fsp3) is 0.278. The average molecular weight is 281 g/mol. The Balaban J connectivity index is 1.71. The van der Waals surface area contributed by atoms with Gasteiger partial charge in [-0.25, -0.2) is 0 Å². The molecule has 0 unspecified atom stereocenters. The van der Waals surface area contributed by atoms with Gasteiger partial charge in [0, 0.05) is 6.20 Å². The summed E-state index contributed by atoms with van der Waals surface area (Å²) in [5, 5.41) is 0. The van der Waals surface area contributed by atoms with Crippen LogP contribution in [0.1, 0.15) is 24.8 Å². The van der Waals surface area contributed by atoms with Crippen molar-refractivity contribution in [2.24, 2.45) is 5.92 Å². The van der Waals surface area contributed by atoms with Crippen LogP contribution in [0.15, 0.2) is 66.7 Å². The number of esters is 1. The number of benzene rings is 1. The minimum Gasteiger partial charge on any atom is -0.409 e. The molecule has 3 nitrogen and oxygen atoms in total. The van der Waals surface area contributed by atoms with Crippen molar-refractivity contribution in [3.63, 3.8) is 0 Å². The minimum atomic E-state index is -0.103. The van der Waals surface area contributed by atoms with Gasteiger partial charge in [0.05, 0.1) is 12.5 Å². The summed E-state index contributed by atoms with van der Waals surface area (Å²) >= 11 is 0. The highest BCUT2D eigenvalue weighted by molar-refractivity contribution is 5.74. The van der Waals surface area contributed by atoms with Crippen molar-refractivity contribution in [3.8, 4) is 0 Å². The summed E-state index contributed by atoms with van der Waals surface area (Å²) in [6, 6.07) is 10.2. The molecule has 0 spiro atoms. The largest absolute Gasteiger partial charge is 0.409 e. The van der Waals surface area contributed by atoms with Gasteiger partial charge in [0.2, 0.25) is 5.88 Å². The number of nitrogens with zero attached hydrogens (tertiary/aromatic N) is 1. The fourth-order valence-corrected chi connectivity index (χ4v) is 2.36. The molecule has 1 saturated carbocycles. The zero-order valence-corrected chi connectivity index (χ0v) is 11.9. The Hall–Kier alpha value is -2.29. The number of carbonyl (C=O) groups is 1. The maximum atomic E-state index is 12.1. The zero-order chi connectivity index (χ0) is 14.5. The van der Waals surface area contributed by atoms with Gasteiger partial charge in [0.25, 0.3) is 0 Å². The van der Waals surface area contributed by atoms with Gasteiger partial charge in [0.1, 0.15) is 0 Å². The normalized spacial score (nSPS) is 17.9. The van der Waals surface area contributed by atoms with Crippen molar-refractivity contribution >= 4 is 5.97 Å². The van der Waals surface area contributed by atoms with Crippen molar-refractivity contribution in [2.75, 3.05) is 0 Å². The number of rotatable bonds is 4. The zero-order valence-electron chi connectivity index (χ0n) is 11.9. The number of hydrogen-bond acceptors (Lipinski definition) is 3. The molecule has 1 aromatic rings. The summed E-state index contributed by atoms with van der Waals surface area (Å²) in [5.74, 6) is 0.579. The minimum absolute atomic E-state index is 0.0840. The predicted octanol–water partition coefficient (Wildman–Crippen LogP) is 3.76. The van der Waals surface area contributed by atoms with Crippen LogP contribution in [-0.4, -0.2) is 10.9 Å². The van der Waals surface area contributed by atoms with E-state index >= 15 is 0 Å². The van der Waals surface area contributed by atoms with E-state index in [-0.39, 0.29) is 11.9 Å². The van der Waals surface area contributed by atoms with Gasteiger partial charge >= 0.3 is 5.97 Å². The second-order valence-electron chi connectivity index (χ2n) is 5.39. The SMILES string of the molecule is O=C(OC1=CC=CC=CN1Cc1ccccc1)C1CCC1. The van der Waals surface area contributed by atoms with Gasteiger partial charge in [0.15, 0.2) is 0 Å². The van der Waals surface area contributed by atoms with E-state index in [1.165, 1.54) is 5.56 Å². The molecular formula is C18H19NO2. The van der Waals surface area contributed by atoms with Crippen molar-refractivity contribution in [2.45, 2.75) is 25.8 Å². The first-order valence-corrected chi connectivity index (χ1v) is 7.40. The van der Waals surface area contributed by atoms with Crippen LogP contribution in [0.2, 0.25) is 0 Å². The first kappa shape index (κ1) is 13.7. The second kappa shape index (κ2) is 6.44. The lowest BCUT2D eigenvalue weighted by Crippen LogP contribution is -2.27. The molecule has 1 fully saturated rings. The highest BCUT2D eigenvalue weighted by Crippen LogP contribution is 2.29. The van der Waals surface area contributed by atoms with Crippen LogP contribution in [0, 0.1) is 5.92 Å². The lowest BCUT2D eigenvalue weighted by molar-refractivity contribution is -0.149. The predicted molar refractivity (Wildman–Crippen MR) is 81.8 cm³/mol. The molecule has 108 valence electrons. The van der Waals surface area contributed by atoms with Crippen molar-refractivity contribution < 1.29 is 9.53 Å². The number of ether oxygens (including phenoxy) is 1. The number of carbonyl (C=O) groups excluding carboxylic acids is 1. The molecule has 1 aromatic carbocycles. The van der Waals surface area contributed by atoms with Crippen molar-refractivity contribution in [1.29, 1.82) is 0 Å². The maximum Gasteiger partial charge on any atom is 0.315 e. The molecule has 0 saturated heterocycles. The molecule has 1 heterocycles. The Kier molecular flexibility index (Phi) is 4.20. The van der Waals surface area contributed by atoms with Crippen LogP contribution < -0.4 is 0 Å². The first-order valence-electron chi connectivity index (χ1n) is 7.40. The Bertz CT molecular complexity index is 582. The second-order valence-corrected chi connectivity index (χ2v) is 5.39. The quantitative estimate of drug-likeness (QED) is 0.787. The van der Waals surface area contributed by atoms with Gasteiger partial charge in [-0.3, -0.25) is 4.79 Å². The van der Waals surface area contributed by atoms with Crippen LogP contribution in [0.5, 0.6) is 0 Å². The van der Waals surface area contributed by atoms with Gasteiger partial charge < -0.3 is 9.64 Å². The summed E-state index contributed by atoms with van der Waals surface area (Å²) in [4.78, 5) is 14.0. The Morgan fingerprint density at radius 1 is 1.14 bits per heavy atom. The van der Waals surface area contributed by atoms with Gasteiger partial charge in [-0.15, -0.1) is 0 Å². The number of allylic oxidation sites excluding steroid dienone is 4. The van der Waals surface area contributed by atoms with E-state index in [0.29, 0.717) is 12.4 Å². The lowest BCUT2D eigenvalue weighted by atomic mass is 9.86. The molecule has 0 atom stereocenters. The fourth-order valence-electron chi connectivity index (χ4n) is 2.36. The third kappa shape index (κ3) is 3.43. The highest BCUT2D eigenvalue weighted by Gasteiger charge is 2.28. The van der Waals surface area contributed by atoms with E-state index in [1.54, 1.807) is 0 Å². The summed E-state index contributed by atoms with van der Waals surface area (Å²) in [5.41, 5.74) is 1.18. The summed E-state index contributed by atoms with van der Waals surface area (Å²) in [6.45, 7) is 0.683. The van der Waals surface area contributed by atoms with E-state index in [1.807, 2.05) is 53.6 Å². The molecule has 0 radical (unpaired) electrons. The van der Waals surface area contributed by atoms with E-state index < -0.39 is 0 Å². The third-order valence-corrected chi connectivity index (χ3v) is 3.85. The summed E-state index contributed by atoms with van der Waals surface area (Å²) in [7, 11) is 0. The molecule has 0 N–H and O–H groups in total. The summed E-state index contributed by atoms with van der Waals surface area (Å²) < 4.78 is 5.61. The molecule has 0 amide bonds.